The summed E-state index contributed by atoms with van der Waals surface area (Å²) in [6.45, 7) is 0. The molecule has 8 heteroatoms. The molecule has 0 saturated carbocycles. The smallest absolute Gasteiger partial charge is 0.277 e. The van der Waals surface area contributed by atoms with E-state index in [1.165, 1.54) is 11.8 Å². The Morgan fingerprint density at radius 3 is 2.69 bits per heavy atom. The molecule has 0 radical (unpaired) electrons. The van der Waals surface area contributed by atoms with Gasteiger partial charge >= 0.3 is 0 Å². The van der Waals surface area contributed by atoms with Crippen LogP contribution in [0.4, 0.5) is 0 Å². The van der Waals surface area contributed by atoms with Gasteiger partial charge in [-0.05, 0) is 24.3 Å². The van der Waals surface area contributed by atoms with Crippen molar-refractivity contribution < 1.29 is 18.3 Å². The Morgan fingerprint density at radius 2 is 1.88 bits per heavy atom. The molecule has 0 bridgehead atoms. The van der Waals surface area contributed by atoms with E-state index in [1.54, 1.807) is 20.3 Å². The predicted octanol–water partition coefficient (Wildman–Crippen LogP) is 4.19. The summed E-state index contributed by atoms with van der Waals surface area (Å²) in [4.78, 5) is 4.43. The molecular formula is C18H15N3O4S. The van der Waals surface area contributed by atoms with E-state index >= 15 is 0 Å². The van der Waals surface area contributed by atoms with Crippen LogP contribution in [0.3, 0.4) is 0 Å². The van der Waals surface area contributed by atoms with Crippen LogP contribution in [0.15, 0.2) is 56.5 Å². The maximum absolute atomic E-state index is 5.73. The van der Waals surface area contributed by atoms with Gasteiger partial charge in [0.25, 0.3) is 11.1 Å². The number of methoxy groups -OCH3 is 2. The van der Waals surface area contributed by atoms with Crippen molar-refractivity contribution in [3.63, 3.8) is 0 Å². The van der Waals surface area contributed by atoms with E-state index in [4.69, 9.17) is 18.3 Å². The molecule has 0 N–H and O–H groups in total. The Bertz CT molecular complexity index is 1010. The van der Waals surface area contributed by atoms with Crippen molar-refractivity contribution in [2.45, 2.75) is 11.0 Å². The van der Waals surface area contributed by atoms with Crippen molar-refractivity contribution in [2.75, 3.05) is 14.2 Å². The number of ether oxygens (including phenoxy) is 2. The van der Waals surface area contributed by atoms with Crippen LogP contribution in [0.25, 0.3) is 22.6 Å². The summed E-state index contributed by atoms with van der Waals surface area (Å²) in [5.74, 6) is 2.78. The third kappa shape index (κ3) is 3.23. The second kappa shape index (κ2) is 7.09. The van der Waals surface area contributed by atoms with E-state index in [1.807, 2.05) is 36.4 Å². The van der Waals surface area contributed by atoms with Crippen molar-refractivity contribution in [1.82, 2.24) is 15.2 Å². The zero-order chi connectivity index (χ0) is 17.9. The minimum atomic E-state index is 0.379. The van der Waals surface area contributed by atoms with E-state index in [0.717, 1.165) is 11.1 Å². The Hall–Kier alpha value is -3.00. The van der Waals surface area contributed by atoms with Crippen LogP contribution in [-0.4, -0.2) is 29.4 Å². The lowest BCUT2D eigenvalue weighted by Gasteiger charge is -2.07. The highest BCUT2D eigenvalue weighted by Gasteiger charge is 2.15. The third-order valence-electron chi connectivity index (χ3n) is 3.70. The number of rotatable bonds is 6. The van der Waals surface area contributed by atoms with Gasteiger partial charge in [0, 0.05) is 6.07 Å². The summed E-state index contributed by atoms with van der Waals surface area (Å²) in [5, 5.41) is 8.60. The van der Waals surface area contributed by atoms with Gasteiger partial charge in [0.05, 0.1) is 25.5 Å². The van der Waals surface area contributed by atoms with Gasteiger partial charge in [-0.15, -0.1) is 10.2 Å². The normalized spacial score (nSPS) is 11.0. The number of fused-ring (bicyclic) bond motifs is 1. The molecule has 2 aromatic heterocycles. The fourth-order valence-corrected chi connectivity index (χ4v) is 3.06. The lowest BCUT2D eigenvalue weighted by atomic mass is 10.2. The third-order valence-corrected chi connectivity index (χ3v) is 4.51. The number of nitrogens with zero attached hydrogens (tertiary/aromatic N) is 3. The lowest BCUT2D eigenvalue weighted by Crippen LogP contribution is -1.90. The van der Waals surface area contributed by atoms with Gasteiger partial charge in [-0.3, -0.25) is 0 Å². The first-order valence-electron chi connectivity index (χ1n) is 7.80. The highest BCUT2D eigenvalue weighted by atomic mass is 32.2. The van der Waals surface area contributed by atoms with Gasteiger partial charge < -0.3 is 18.3 Å². The maximum atomic E-state index is 5.73. The number of thioether (sulfide) groups is 1. The molecule has 26 heavy (non-hydrogen) atoms. The molecular weight excluding hydrogens is 354 g/mol. The van der Waals surface area contributed by atoms with Gasteiger partial charge in [-0.2, -0.15) is 0 Å². The fraction of sp³-hybridized carbons (Fsp3) is 0.167. The van der Waals surface area contributed by atoms with Crippen LogP contribution in [0.2, 0.25) is 0 Å². The van der Waals surface area contributed by atoms with Crippen LogP contribution in [-0.2, 0) is 5.75 Å². The minimum Gasteiger partial charge on any atom is -0.497 e. The highest BCUT2D eigenvalue weighted by molar-refractivity contribution is 7.98. The van der Waals surface area contributed by atoms with Gasteiger partial charge in [0.15, 0.2) is 5.58 Å². The number of para-hydroxylation sites is 2. The van der Waals surface area contributed by atoms with Gasteiger partial charge in [-0.1, -0.05) is 23.9 Å². The average Bonchev–Trinajstić information content (AvgIpc) is 3.32. The minimum absolute atomic E-state index is 0.379. The molecule has 2 aromatic carbocycles. The van der Waals surface area contributed by atoms with Crippen molar-refractivity contribution in [1.29, 1.82) is 0 Å². The Kier molecular flexibility index (Phi) is 4.49. The molecule has 0 aliphatic carbocycles. The van der Waals surface area contributed by atoms with E-state index < -0.39 is 0 Å². The monoisotopic (exact) mass is 369 g/mol. The summed E-state index contributed by atoms with van der Waals surface area (Å²) in [7, 11) is 3.18. The molecule has 0 unspecified atom stereocenters. The lowest BCUT2D eigenvalue weighted by molar-refractivity contribution is 0.393. The van der Waals surface area contributed by atoms with Crippen LogP contribution >= 0.6 is 11.8 Å². The zero-order valence-electron chi connectivity index (χ0n) is 14.1. The first-order valence-corrected chi connectivity index (χ1v) is 8.78. The molecule has 4 aromatic rings. The van der Waals surface area contributed by atoms with Crippen molar-refractivity contribution in [3.05, 3.63) is 48.4 Å². The van der Waals surface area contributed by atoms with Gasteiger partial charge in [-0.25, -0.2) is 4.98 Å². The summed E-state index contributed by atoms with van der Waals surface area (Å²) in [6.07, 6.45) is 0. The second-order valence-corrected chi connectivity index (χ2v) is 6.23. The number of benzene rings is 2. The van der Waals surface area contributed by atoms with Crippen LogP contribution in [0.1, 0.15) is 5.89 Å². The van der Waals surface area contributed by atoms with Gasteiger partial charge in [0.1, 0.15) is 17.0 Å². The summed E-state index contributed by atoms with van der Waals surface area (Å²) in [6, 6.07) is 13.0. The standard InChI is InChI=1S/C18H15N3O4S/c1-22-11-7-8-12(15(9-11)23-2)17-20-21-18(25-17)26-10-16-19-13-5-3-4-6-14(13)24-16/h3-9H,10H2,1-2H3. The van der Waals surface area contributed by atoms with Gasteiger partial charge in [0.2, 0.25) is 5.89 Å². The molecule has 0 aliphatic heterocycles. The second-order valence-electron chi connectivity index (χ2n) is 5.30. The molecule has 132 valence electrons. The summed E-state index contributed by atoms with van der Waals surface area (Å²) < 4.78 is 22.0. The average molecular weight is 369 g/mol. The SMILES string of the molecule is COc1ccc(-c2nnc(SCc3nc4ccccc4o3)o2)c(OC)c1. The van der Waals surface area contributed by atoms with E-state index in [9.17, 15) is 0 Å². The number of hydrogen-bond acceptors (Lipinski definition) is 8. The quantitative estimate of drug-likeness (QED) is 0.468. The number of hydrogen-bond donors (Lipinski definition) is 0. The molecule has 0 atom stereocenters. The molecule has 2 heterocycles. The molecule has 4 rings (SSSR count). The van der Waals surface area contributed by atoms with Crippen molar-refractivity contribution in [2.24, 2.45) is 0 Å². The van der Waals surface area contributed by atoms with Crippen molar-refractivity contribution in [3.8, 4) is 23.0 Å². The Labute approximate surface area is 153 Å². The first kappa shape index (κ1) is 16.5. The topological polar surface area (TPSA) is 83.4 Å². The summed E-state index contributed by atoms with van der Waals surface area (Å²) >= 11 is 1.36. The molecule has 0 amide bonds. The largest absolute Gasteiger partial charge is 0.497 e. The Morgan fingerprint density at radius 1 is 1.00 bits per heavy atom. The van der Waals surface area contributed by atoms with Crippen molar-refractivity contribution >= 4 is 22.9 Å². The highest BCUT2D eigenvalue weighted by Crippen LogP contribution is 2.34. The van der Waals surface area contributed by atoms with Crippen LogP contribution in [0.5, 0.6) is 11.5 Å². The first-order chi connectivity index (χ1) is 12.8. The van der Waals surface area contributed by atoms with E-state index in [-0.39, 0.29) is 0 Å². The Balaban J connectivity index is 1.51. The fourth-order valence-electron chi connectivity index (χ4n) is 2.46. The zero-order valence-corrected chi connectivity index (χ0v) is 14.9. The van der Waals surface area contributed by atoms with E-state index in [2.05, 4.69) is 15.2 Å². The van der Waals surface area contributed by atoms with Crippen LogP contribution in [0, 0.1) is 0 Å². The molecule has 7 nitrogen and oxygen atoms in total. The maximum Gasteiger partial charge on any atom is 0.277 e. The molecule has 0 aliphatic rings. The molecule has 0 spiro atoms. The molecule has 0 fully saturated rings. The molecule has 0 saturated heterocycles. The predicted molar refractivity (Wildman–Crippen MR) is 96.4 cm³/mol. The summed E-state index contributed by atoms with van der Waals surface area (Å²) in [5.41, 5.74) is 2.30. The number of aromatic nitrogens is 3. The van der Waals surface area contributed by atoms with Crippen LogP contribution < -0.4 is 9.47 Å². The number of oxazole rings is 1. The van der Waals surface area contributed by atoms with E-state index in [0.29, 0.717) is 39.8 Å².